The van der Waals surface area contributed by atoms with Crippen LogP contribution < -0.4 is 14.8 Å². The van der Waals surface area contributed by atoms with Gasteiger partial charge in [0.1, 0.15) is 18.1 Å². The standard InChI is InChI=1S/C17H19F3N4O4/c1-2-3-14-13(9-23-10-15(24(25)26)22-16(23)27-14)21-8-11-4-6-12(7-5-11)28-17(18,19)20/h4-7,10,13-14,21H,2-3,8-9H2,1H3. The Bertz CT molecular complexity index is 823. The molecule has 11 heteroatoms. The van der Waals surface area contributed by atoms with E-state index in [9.17, 15) is 23.3 Å². The third-order valence-electron chi connectivity index (χ3n) is 4.31. The molecule has 152 valence electrons. The highest BCUT2D eigenvalue weighted by Gasteiger charge is 2.34. The van der Waals surface area contributed by atoms with Gasteiger partial charge in [0.05, 0.1) is 6.04 Å². The van der Waals surface area contributed by atoms with Crippen LogP contribution >= 0.6 is 0 Å². The molecule has 0 aliphatic carbocycles. The van der Waals surface area contributed by atoms with Crippen LogP contribution in [0.5, 0.6) is 11.8 Å². The predicted molar refractivity (Wildman–Crippen MR) is 92.0 cm³/mol. The largest absolute Gasteiger partial charge is 0.573 e. The van der Waals surface area contributed by atoms with Gasteiger partial charge in [0, 0.05) is 18.1 Å². The van der Waals surface area contributed by atoms with E-state index in [1.807, 2.05) is 6.92 Å². The molecular weight excluding hydrogens is 381 g/mol. The van der Waals surface area contributed by atoms with Gasteiger partial charge in [-0.3, -0.25) is 4.57 Å². The fourth-order valence-electron chi connectivity index (χ4n) is 3.04. The molecule has 2 aromatic rings. The van der Waals surface area contributed by atoms with Gasteiger partial charge in [-0.1, -0.05) is 25.5 Å². The van der Waals surface area contributed by atoms with Crippen LogP contribution in [0.15, 0.2) is 30.5 Å². The number of nitrogens with one attached hydrogen (secondary N) is 1. The fourth-order valence-corrected chi connectivity index (χ4v) is 3.04. The normalized spacial score (nSPS) is 19.0. The Morgan fingerprint density at radius 1 is 1.39 bits per heavy atom. The van der Waals surface area contributed by atoms with Crippen LogP contribution in [0.4, 0.5) is 19.0 Å². The number of nitrogens with zero attached hydrogens (tertiary/aromatic N) is 3. The Morgan fingerprint density at radius 3 is 2.71 bits per heavy atom. The highest BCUT2D eigenvalue weighted by atomic mass is 19.4. The first kappa shape index (κ1) is 19.9. The van der Waals surface area contributed by atoms with Crippen molar-refractivity contribution in [2.75, 3.05) is 0 Å². The summed E-state index contributed by atoms with van der Waals surface area (Å²) in [5, 5.41) is 14.2. The lowest BCUT2D eigenvalue weighted by Gasteiger charge is -2.31. The summed E-state index contributed by atoms with van der Waals surface area (Å²) >= 11 is 0. The van der Waals surface area contributed by atoms with Crippen molar-refractivity contribution in [1.82, 2.24) is 14.9 Å². The molecule has 0 amide bonds. The Labute approximate surface area is 158 Å². The van der Waals surface area contributed by atoms with Crippen LogP contribution in [0.3, 0.4) is 0 Å². The van der Waals surface area contributed by atoms with Gasteiger partial charge in [-0.05, 0) is 29.0 Å². The number of aromatic nitrogens is 2. The molecule has 1 aliphatic heterocycles. The first-order valence-corrected chi connectivity index (χ1v) is 8.71. The van der Waals surface area contributed by atoms with Crippen molar-refractivity contribution in [3.05, 3.63) is 46.1 Å². The zero-order valence-electron chi connectivity index (χ0n) is 15.0. The first-order valence-electron chi connectivity index (χ1n) is 8.71. The summed E-state index contributed by atoms with van der Waals surface area (Å²) in [6.45, 7) is 2.84. The number of alkyl halides is 3. The van der Waals surface area contributed by atoms with Crippen molar-refractivity contribution in [2.45, 2.75) is 51.4 Å². The zero-order chi connectivity index (χ0) is 20.3. The maximum absolute atomic E-state index is 12.2. The summed E-state index contributed by atoms with van der Waals surface area (Å²) in [6, 6.07) is 5.68. The molecule has 0 saturated heterocycles. The van der Waals surface area contributed by atoms with Gasteiger partial charge in [-0.2, -0.15) is 0 Å². The average Bonchev–Trinajstić information content (AvgIpc) is 3.03. The first-order chi connectivity index (χ1) is 13.2. The maximum atomic E-state index is 12.2. The molecule has 1 aromatic carbocycles. The van der Waals surface area contributed by atoms with E-state index in [2.05, 4.69) is 15.0 Å². The molecule has 28 heavy (non-hydrogen) atoms. The second-order valence-corrected chi connectivity index (χ2v) is 6.42. The van der Waals surface area contributed by atoms with Crippen LogP contribution in [-0.4, -0.2) is 33.0 Å². The number of hydrogen-bond acceptors (Lipinski definition) is 6. The van der Waals surface area contributed by atoms with Crippen LogP contribution in [0.2, 0.25) is 0 Å². The van der Waals surface area contributed by atoms with Crippen LogP contribution in [0.25, 0.3) is 0 Å². The van der Waals surface area contributed by atoms with Crippen molar-refractivity contribution in [2.24, 2.45) is 0 Å². The maximum Gasteiger partial charge on any atom is 0.573 e. The summed E-state index contributed by atoms with van der Waals surface area (Å²) in [5.41, 5.74) is 0.771. The lowest BCUT2D eigenvalue weighted by atomic mass is 10.0. The molecule has 0 bridgehead atoms. The van der Waals surface area contributed by atoms with Gasteiger partial charge in [-0.25, -0.2) is 0 Å². The van der Waals surface area contributed by atoms with Crippen molar-refractivity contribution in [1.29, 1.82) is 0 Å². The summed E-state index contributed by atoms with van der Waals surface area (Å²) in [4.78, 5) is 14.2. The van der Waals surface area contributed by atoms with Crippen molar-refractivity contribution in [3.63, 3.8) is 0 Å². The summed E-state index contributed by atoms with van der Waals surface area (Å²) in [5.74, 6) is -0.553. The molecule has 1 aliphatic rings. The van der Waals surface area contributed by atoms with Crippen molar-refractivity contribution >= 4 is 5.82 Å². The molecule has 1 aromatic heterocycles. The Balaban J connectivity index is 1.65. The number of ether oxygens (including phenoxy) is 2. The van der Waals surface area contributed by atoms with E-state index in [4.69, 9.17) is 4.74 Å². The van der Waals surface area contributed by atoms with Gasteiger partial charge in [0.15, 0.2) is 0 Å². The van der Waals surface area contributed by atoms with Gasteiger partial charge < -0.3 is 24.9 Å². The van der Waals surface area contributed by atoms with E-state index in [-0.39, 0.29) is 29.7 Å². The van der Waals surface area contributed by atoms with Gasteiger partial charge in [0.25, 0.3) is 0 Å². The third-order valence-corrected chi connectivity index (χ3v) is 4.31. The molecule has 1 N–H and O–H groups in total. The Hall–Kier alpha value is -2.82. The van der Waals surface area contributed by atoms with Crippen LogP contribution in [-0.2, 0) is 13.1 Å². The SMILES string of the molecule is CCCC1Oc2nc([N+](=O)[O-])cn2CC1NCc1ccc(OC(F)(F)F)cc1. The number of rotatable bonds is 7. The smallest absolute Gasteiger partial charge is 0.441 e. The molecule has 2 heterocycles. The molecule has 0 spiro atoms. The van der Waals surface area contributed by atoms with E-state index in [1.54, 1.807) is 16.7 Å². The van der Waals surface area contributed by atoms with Crippen molar-refractivity contribution in [3.8, 4) is 11.8 Å². The number of fused-ring (bicyclic) bond motifs is 1. The minimum atomic E-state index is -4.72. The lowest BCUT2D eigenvalue weighted by molar-refractivity contribution is -0.389. The van der Waals surface area contributed by atoms with Crippen molar-refractivity contribution < 1.29 is 27.6 Å². The van der Waals surface area contributed by atoms with E-state index < -0.39 is 11.3 Å². The minimum Gasteiger partial charge on any atom is -0.441 e. The molecule has 0 fully saturated rings. The molecular formula is C17H19F3N4O4. The fraction of sp³-hybridized carbons (Fsp3) is 0.471. The van der Waals surface area contributed by atoms with Gasteiger partial charge in [0.2, 0.25) is 0 Å². The molecule has 3 rings (SSSR count). The second kappa shape index (κ2) is 8.05. The lowest BCUT2D eigenvalue weighted by Crippen LogP contribution is -2.48. The monoisotopic (exact) mass is 400 g/mol. The summed E-state index contributed by atoms with van der Waals surface area (Å²) in [6.07, 6.45) is -2.02. The number of hydrogen-bond donors (Lipinski definition) is 1. The third kappa shape index (κ3) is 4.91. The summed E-state index contributed by atoms with van der Waals surface area (Å²) < 4.78 is 47.9. The number of nitro groups is 1. The number of halogens is 3. The number of imidazole rings is 1. The van der Waals surface area contributed by atoms with E-state index in [0.717, 1.165) is 18.4 Å². The van der Waals surface area contributed by atoms with E-state index in [1.165, 1.54) is 18.3 Å². The molecule has 0 saturated carbocycles. The Kier molecular flexibility index (Phi) is 5.73. The topological polar surface area (TPSA) is 91.5 Å². The molecule has 2 unspecified atom stereocenters. The minimum absolute atomic E-state index is 0.132. The zero-order valence-corrected chi connectivity index (χ0v) is 15.0. The van der Waals surface area contributed by atoms with Gasteiger partial charge >= 0.3 is 18.2 Å². The highest BCUT2D eigenvalue weighted by Crippen LogP contribution is 2.27. The average molecular weight is 400 g/mol. The second-order valence-electron chi connectivity index (χ2n) is 6.42. The van der Waals surface area contributed by atoms with E-state index in [0.29, 0.717) is 13.1 Å². The van der Waals surface area contributed by atoms with Crippen LogP contribution in [0.1, 0.15) is 25.3 Å². The molecule has 2 atom stereocenters. The van der Waals surface area contributed by atoms with Gasteiger partial charge in [-0.15, -0.1) is 13.2 Å². The Morgan fingerprint density at radius 2 is 2.11 bits per heavy atom. The molecule has 0 radical (unpaired) electrons. The van der Waals surface area contributed by atoms with E-state index >= 15 is 0 Å². The number of benzene rings is 1. The summed E-state index contributed by atoms with van der Waals surface area (Å²) in [7, 11) is 0. The predicted octanol–water partition coefficient (Wildman–Crippen LogP) is 3.41. The van der Waals surface area contributed by atoms with Crippen LogP contribution in [0, 0.1) is 10.1 Å². The highest BCUT2D eigenvalue weighted by molar-refractivity contribution is 5.27. The molecule has 8 nitrogen and oxygen atoms in total. The quantitative estimate of drug-likeness (QED) is 0.566.